The fourth-order valence-corrected chi connectivity index (χ4v) is 3.92. The Hall–Kier alpha value is -3.32. The number of carbonyl (C=O) groups excluding carboxylic acids is 1. The molecule has 0 radical (unpaired) electrons. The van der Waals surface area contributed by atoms with Crippen LogP contribution in [0.3, 0.4) is 0 Å². The van der Waals surface area contributed by atoms with Crippen LogP contribution in [0, 0.1) is 0 Å². The maximum atomic E-state index is 12.5. The van der Waals surface area contributed by atoms with E-state index < -0.39 is 0 Å². The lowest BCUT2D eigenvalue weighted by molar-refractivity contribution is 0.0955. The third kappa shape index (κ3) is 7.34. The summed E-state index contributed by atoms with van der Waals surface area (Å²) in [6, 6.07) is 27.4. The van der Waals surface area contributed by atoms with Crippen LogP contribution in [0.4, 0.5) is 0 Å². The van der Waals surface area contributed by atoms with Gasteiger partial charge in [-0.05, 0) is 66.2 Å². The molecule has 182 valence electrons. The van der Waals surface area contributed by atoms with Gasteiger partial charge in [0.1, 0.15) is 24.7 Å². The first-order valence-corrected chi connectivity index (χ1v) is 12.5. The molecule has 0 heterocycles. The van der Waals surface area contributed by atoms with E-state index in [1.54, 1.807) is 42.6 Å². The monoisotopic (exact) mass is 582 g/mol. The van der Waals surface area contributed by atoms with E-state index in [9.17, 15) is 4.79 Å². The van der Waals surface area contributed by atoms with Crippen molar-refractivity contribution < 1.29 is 14.3 Å². The number of nitrogens with one attached hydrogen (secondary N) is 1. The zero-order valence-electron chi connectivity index (χ0n) is 19.0. The van der Waals surface area contributed by atoms with E-state index >= 15 is 0 Å². The van der Waals surface area contributed by atoms with Gasteiger partial charge in [0.05, 0.1) is 6.21 Å². The van der Waals surface area contributed by atoms with E-state index in [4.69, 9.17) is 32.7 Å². The number of hydrogen-bond donors (Lipinski definition) is 1. The molecule has 8 heteroatoms. The highest BCUT2D eigenvalue weighted by molar-refractivity contribution is 9.10. The summed E-state index contributed by atoms with van der Waals surface area (Å²) in [7, 11) is 0. The van der Waals surface area contributed by atoms with E-state index in [1.807, 2.05) is 54.6 Å². The van der Waals surface area contributed by atoms with Crippen molar-refractivity contribution >= 4 is 51.3 Å². The zero-order valence-corrected chi connectivity index (χ0v) is 22.1. The minimum atomic E-state index is -0.341. The van der Waals surface area contributed by atoms with Gasteiger partial charge in [0.25, 0.3) is 5.91 Å². The number of nitrogens with zero attached hydrogens (tertiary/aromatic N) is 1. The van der Waals surface area contributed by atoms with Gasteiger partial charge in [-0.25, -0.2) is 5.43 Å². The summed E-state index contributed by atoms with van der Waals surface area (Å²) in [5, 5.41) is 5.20. The standard InChI is InChI=1S/C28H21BrCl2N2O3/c29-23-10-5-19(6-11-23)17-36-27-4-2-1-3-21(27)16-32-33-28(34)20-8-13-25(14-9-20)35-18-22-7-12-24(30)15-26(22)31/h1-16H,17-18H2,(H,33,34)/b32-16+. The van der Waals surface area contributed by atoms with E-state index in [0.717, 1.165) is 21.2 Å². The van der Waals surface area contributed by atoms with E-state index in [0.29, 0.717) is 33.7 Å². The molecule has 4 aromatic carbocycles. The zero-order chi connectivity index (χ0) is 25.3. The van der Waals surface area contributed by atoms with Crippen molar-refractivity contribution in [2.45, 2.75) is 13.2 Å². The third-order valence-electron chi connectivity index (χ3n) is 5.12. The first-order chi connectivity index (χ1) is 17.5. The highest BCUT2D eigenvalue weighted by Crippen LogP contribution is 2.23. The van der Waals surface area contributed by atoms with Gasteiger partial charge < -0.3 is 9.47 Å². The highest BCUT2D eigenvalue weighted by atomic mass is 79.9. The molecule has 5 nitrogen and oxygen atoms in total. The van der Waals surface area contributed by atoms with Crippen LogP contribution in [0.1, 0.15) is 27.0 Å². The van der Waals surface area contributed by atoms with Crippen molar-refractivity contribution in [3.8, 4) is 11.5 Å². The van der Waals surface area contributed by atoms with Gasteiger partial charge in [0.2, 0.25) is 0 Å². The molecular weight excluding hydrogens is 563 g/mol. The minimum absolute atomic E-state index is 0.287. The maximum absolute atomic E-state index is 12.5. The molecule has 1 N–H and O–H groups in total. The second-order valence-electron chi connectivity index (χ2n) is 7.70. The Bertz CT molecular complexity index is 1360. The number of hydrazone groups is 1. The molecule has 1 amide bonds. The van der Waals surface area contributed by atoms with Gasteiger partial charge in [-0.1, -0.05) is 69.5 Å². The molecule has 4 rings (SSSR count). The molecule has 0 fully saturated rings. The molecule has 0 unspecified atom stereocenters. The third-order valence-corrected chi connectivity index (χ3v) is 6.24. The van der Waals surface area contributed by atoms with Crippen LogP contribution in [0.25, 0.3) is 0 Å². The Morgan fingerprint density at radius 1 is 0.889 bits per heavy atom. The number of rotatable bonds is 9. The number of amides is 1. The van der Waals surface area contributed by atoms with Crippen LogP contribution in [-0.2, 0) is 13.2 Å². The van der Waals surface area contributed by atoms with Crippen LogP contribution in [0.5, 0.6) is 11.5 Å². The van der Waals surface area contributed by atoms with E-state index in [2.05, 4.69) is 26.5 Å². The molecule has 0 spiro atoms. The Morgan fingerprint density at radius 2 is 1.64 bits per heavy atom. The normalized spacial score (nSPS) is 10.9. The predicted molar refractivity (Wildman–Crippen MR) is 147 cm³/mol. The number of para-hydroxylation sites is 1. The molecule has 4 aromatic rings. The summed E-state index contributed by atoms with van der Waals surface area (Å²) in [5.74, 6) is 0.936. The van der Waals surface area contributed by atoms with Gasteiger partial charge in [-0.2, -0.15) is 5.10 Å². The summed E-state index contributed by atoms with van der Waals surface area (Å²) in [4.78, 5) is 12.5. The first kappa shape index (κ1) is 25.8. The SMILES string of the molecule is O=C(N/N=C/c1ccccc1OCc1ccc(Br)cc1)c1ccc(OCc2ccc(Cl)cc2Cl)cc1. The molecule has 0 saturated heterocycles. The van der Waals surface area contributed by atoms with Crippen LogP contribution < -0.4 is 14.9 Å². The van der Waals surface area contributed by atoms with Crippen molar-refractivity contribution in [3.63, 3.8) is 0 Å². The molecule has 36 heavy (non-hydrogen) atoms. The number of halogens is 3. The summed E-state index contributed by atoms with van der Waals surface area (Å²) in [6.07, 6.45) is 1.56. The number of hydrogen-bond acceptors (Lipinski definition) is 4. The lowest BCUT2D eigenvalue weighted by Gasteiger charge is -2.09. The smallest absolute Gasteiger partial charge is 0.271 e. The average Bonchev–Trinajstić information content (AvgIpc) is 2.89. The Balaban J connectivity index is 1.31. The molecule has 0 aliphatic heterocycles. The lowest BCUT2D eigenvalue weighted by Crippen LogP contribution is -2.17. The Kier molecular flexibility index (Phi) is 9.01. The van der Waals surface area contributed by atoms with Crippen LogP contribution in [0.15, 0.2) is 101 Å². The number of carbonyl (C=O) groups is 1. The quantitative estimate of drug-likeness (QED) is 0.162. The van der Waals surface area contributed by atoms with Gasteiger partial charge >= 0.3 is 0 Å². The molecule has 0 aliphatic rings. The number of ether oxygens (including phenoxy) is 2. The number of benzene rings is 4. The molecule has 0 atom stereocenters. The summed E-state index contributed by atoms with van der Waals surface area (Å²) < 4.78 is 12.7. The van der Waals surface area contributed by atoms with Crippen LogP contribution >= 0.6 is 39.1 Å². The lowest BCUT2D eigenvalue weighted by atomic mass is 10.2. The van der Waals surface area contributed by atoms with Crippen molar-refractivity contribution in [1.82, 2.24) is 5.43 Å². The van der Waals surface area contributed by atoms with Crippen LogP contribution in [-0.4, -0.2) is 12.1 Å². The van der Waals surface area contributed by atoms with Crippen molar-refractivity contribution in [2.24, 2.45) is 5.10 Å². The molecule has 0 saturated carbocycles. The topological polar surface area (TPSA) is 59.9 Å². The second kappa shape index (κ2) is 12.6. The van der Waals surface area contributed by atoms with Crippen molar-refractivity contribution in [2.75, 3.05) is 0 Å². The van der Waals surface area contributed by atoms with E-state index in [-0.39, 0.29) is 12.5 Å². The maximum Gasteiger partial charge on any atom is 0.271 e. The van der Waals surface area contributed by atoms with Crippen molar-refractivity contribution in [3.05, 3.63) is 128 Å². The van der Waals surface area contributed by atoms with Gasteiger partial charge in [0.15, 0.2) is 0 Å². The van der Waals surface area contributed by atoms with Crippen molar-refractivity contribution in [1.29, 1.82) is 0 Å². The summed E-state index contributed by atoms with van der Waals surface area (Å²) >= 11 is 15.5. The fourth-order valence-electron chi connectivity index (χ4n) is 3.19. The van der Waals surface area contributed by atoms with Crippen LogP contribution in [0.2, 0.25) is 10.0 Å². The molecular formula is C28H21BrCl2N2O3. The fraction of sp³-hybridized carbons (Fsp3) is 0.0714. The first-order valence-electron chi connectivity index (χ1n) is 10.9. The molecule has 0 aliphatic carbocycles. The Labute approximate surface area is 227 Å². The highest BCUT2D eigenvalue weighted by Gasteiger charge is 2.07. The largest absolute Gasteiger partial charge is 0.489 e. The second-order valence-corrected chi connectivity index (χ2v) is 9.46. The van der Waals surface area contributed by atoms with E-state index in [1.165, 1.54) is 0 Å². The van der Waals surface area contributed by atoms with Gasteiger partial charge in [-0.15, -0.1) is 0 Å². The summed E-state index contributed by atoms with van der Waals surface area (Å²) in [5.41, 5.74) is 5.60. The van der Waals surface area contributed by atoms with Gasteiger partial charge in [0, 0.05) is 31.2 Å². The van der Waals surface area contributed by atoms with Gasteiger partial charge in [-0.3, -0.25) is 4.79 Å². The average molecular weight is 584 g/mol. The minimum Gasteiger partial charge on any atom is -0.489 e. The molecule has 0 aromatic heterocycles. The summed E-state index contributed by atoms with van der Waals surface area (Å²) in [6.45, 7) is 0.707. The molecule has 0 bridgehead atoms. The predicted octanol–water partition coefficient (Wildman–Crippen LogP) is 7.68. The Morgan fingerprint density at radius 3 is 2.39 bits per heavy atom.